The lowest BCUT2D eigenvalue weighted by molar-refractivity contribution is -0.117. The summed E-state index contributed by atoms with van der Waals surface area (Å²) in [6.07, 6.45) is 5.28. The van der Waals surface area contributed by atoms with E-state index in [0.717, 1.165) is 18.4 Å². The molecule has 0 fully saturated rings. The zero-order valence-electron chi connectivity index (χ0n) is 11.6. The van der Waals surface area contributed by atoms with Crippen molar-refractivity contribution in [3.8, 4) is 0 Å². The molecule has 0 radical (unpaired) electrons. The van der Waals surface area contributed by atoms with Crippen LogP contribution in [0.4, 0.5) is 0 Å². The van der Waals surface area contributed by atoms with Gasteiger partial charge in [-0.3, -0.25) is 4.79 Å². The van der Waals surface area contributed by atoms with Crippen molar-refractivity contribution in [1.29, 1.82) is 0 Å². The number of nitrogens with one attached hydrogen (secondary N) is 1. The van der Waals surface area contributed by atoms with Gasteiger partial charge in [-0.2, -0.15) is 0 Å². The van der Waals surface area contributed by atoms with E-state index in [1.165, 1.54) is 11.1 Å². The number of fused-ring (bicyclic) bond motifs is 1. The summed E-state index contributed by atoms with van der Waals surface area (Å²) < 4.78 is 0. The molecule has 21 heavy (non-hydrogen) atoms. The second-order valence-electron chi connectivity index (χ2n) is 5.15. The minimum atomic E-state index is -0.0865. The van der Waals surface area contributed by atoms with Crippen molar-refractivity contribution in [2.24, 2.45) is 0 Å². The molecule has 1 amide bonds. The monoisotopic (exact) mass is 297 g/mol. The molecule has 2 nitrogen and oxygen atoms in total. The maximum Gasteiger partial charge on any atom is 0.244 e. The Morgan fingerprint density at radius 3 is 2.76 bits per heavy atom. The number of carbonyl (C=O) groups is 1. The molecule has 1 N–H and O–H groups in total. The highest BCUT2D eigenvalue weighted by atomic mass is 35.5. The molecule has 1 aliphatic carbocycles. The van der Waals surface area contributed by atoms with Crippen LogP contribution in [0.1, 0.15) is 29.2 Å². The maximum absolute atomic E-state index is 12.1. The van der Waals surface area contributed by atoms with Crippen molar-refractivity contribution in [3.63, 3.8) is 0 Å². The van der Waals surface area contributed by atoms with Crippen LogP contribution in [0.3, 0.4) is 0 Å². The Hall–Kier alpha value is -2.06. The van der Waals surface area contributed by atoms with E-state index in [1.807, 2.05) is 36.4 Å². The lowest BCUT2D eigenvalue weighted by Crippen LogP contribution is -2.25. The van der Waals surface area contributed by atoms with Crippen LogP contribution in [0.2, 0.25) is 5.02 Å². The summed E-state index contributed by atoms with van der Waals surface area (Å²) in [4.78, 5) is 12.1. The van der Waals surface area contributed by atoms with Gasteiger partial charge in [-0.1, -0.05) is 54.1 Å². The van der Waals surface area contributed by atoms with Crippen LogP contribution in [-0.2, 0) is 11.2 Å². The number of halogens is 1. The van der Waals surface area contributed by atoms with Gasteiger partial charge >= 0.3 is 0 Å². The van der Waals surface area contributed by atoms with Gasteiger partial charge in [0.25, 0.3) is 0 Å². The van der Waals surface area contributed by atoms with Gasteiger partial charge in [0.1, 0.15) is 0 Å². The second-order valence-corrected chi connectivity index (χ2v) is 5.56. The number of amides is 1. The molecular formula is C18H16ClNO. The number of carbonyl (C=O) groups excluding carboxylic acids is 1. The molecule has 0 saturated heterocycles. The zero-order chi connectivity index (χ0) is 14.7. The largest absolute Gasteiger partial charge is 0.346 e. The molecule has 0 aliphatic heterocycles. The minimum absolute atomic E-state index is 0.0865. The maximum atomic E-state index is 12.1. The van der Waals surface area contributed by atoms with Gasteiger partial charge in [0.15, 0.2) is 0 Å². The molecule has 3 heteroatoms. The van der Waals surface area contributed by atoms with Crippen LogP contribution in [-0.4, -0.2) is 5.91 Å². The van der Waals surface area contributed by atoms with Crippen molar-refractivity contribution in [3.05, 3.63) is 76.3 Å². The Morgan fingerprint density at radius 2 is 1.90 bits per heavy atom. The fourth-order valence-electron chi connectivity index (χ4n) is 2.70. The van der Waals surface area contributed by atoms with Gasteiger partial charge in [-0.05, 0) is 41.7 Å². The molecule has 0 spiro atoms. The third-order valence-corrected chi connectivity index (χ3v) is 4.11. The van der Waals surface area contributed by atoms with Gasteiger partial charge in [0.05, 0.1) is 6.04 Å². The summed E-state index contributed by atoms with van der Waals surface area (Å²) in [6, 6.07) is 15.9. The number of hydrogen-bond acceptors (Lipinski definition) is 1. The molecule has 2 aromatic carbocycles. The highest BCUT2D eigenvalue weighted by Gasteiger charge is 2.22. The fourth-order valence-corrected chi connectivity index (χ4v) is 2.90. The van der Waals surface area contributed by atoms with Gasteiger partial charge in [0, 0.05) is 11.1 Å². The molecule has 1 atom stereocenters. The van der Waals surface area contributed by atoms with Gasteiger partial charge in [0.2, 0.25) is 5.91 Å². The fraction of sp³-hybridized carbons (Fsp3) is 0.167. The van der Waals surface area contributed by atoms with E-state index in [4.69, 9.17) is 11.6 Å². The van der Waals surface area contributed by atoms with Crippen molar-refractivity contribution in [1.82, 2.24) is 5.32 Å². The molecule has 0 aromatic heterocycles. The van der Waals surface area contributed by atoms with E-state index < -0.39 is 0 Å². The van der Waals surface area contributed by atoms with Crippen LogP contribution in [0.15, 0.2) is 54.6 Å². The summed E-state index contributed by atoms with van der Waals surface area (Å²) in [6.45, 7) is 0. The first kappa shape index (κ1) is 13.9. The standard InChI is InChI=1S/C18H16ClNO/c19-16-8-4-2-6-14(16)10-12-18(21)20-17-11-9-13-5-1-3-7-15(13)17/h1-8,10,12,17H,9,11H2,(H,20,21). The summed E-state index contributed by atoms with van der Waals surface area (Å²) in [5, 5.41) is 3.70. The van der Waals surface area contributed by atoms with E-state index >= 15 is 0 Å². The van der Waals surface area contributed by atoms with Crippen LogP contribution in [0.5, 0.6) is 0 Å². The highest BCUT2D eigenvalue weighted by molar-refractivity contribution is 6.32. The second kappa shape index (κ2) is 6.15. The number of aryl methyl sites for hydroxylation is 1. The normalized spacial score (nSPS) is 16.9. The smallest absolute Gasteiger partial charge is 0.244 e. The average molecular weight is 298 g/mol. The molecule has 106 valence electrons. The summed E-state index contributed by atoms with van der Waals surface area (Å²) >= 11 is 6.06. The molecule has 3 rings (SSSR count). The third-order valence-electron chi connectivity index (χ3n) is 3.77. The molecular weight excluding hydrogens is 282 g/mol. The predicted molar refractivity (Wildman–Crippen MR) is 86.1 cm³/mol. The van der Waals surface area contributed by atoms with Crippen LogP contribution < -0.4 is 5.32 Å². The van der Waals surface area contributed by atoms with E-state index in [0.29, 0.717) is 5.02 Å². The molecule has 1 aliphatic rings. The SMILES string of the molecule is O=C(C=Cc1ccccc1Cl)NC1CCc2ccccc21. The summed E-state index contributed by atoms with van der Waals surface area (Å²) in [7, 11) is 0. The topological polar surface area (TPSA) is 29.1 Å². The van der Waals surface area contributed by atoms with E-state index in [1.54, 1.807) is 12.2 Å². The van der Waals surface area contributed by atoms with Gasteiger partial charge in [-0.15, -0.1) is 0 Å². The van der Waals surface area contributed by atoms with Crippen LogP contribution in [0, 0.1) is 0 Å². The number of rotatable bonds is 3. The van der Waals surface area contributed by atoms with Crippen molar-refractivity contribution in [2.45, 2.75) is 18.9 Å². The molecule has 0 bridgehead atoms. The Labute approximate surface area is 129 Å². The Bertz CT molecular complexity index is 693. The number of benzene rings is 2. The first-order valence-corrected chi connectivity index (χ1v) is 7.43. The predicted octanol–water partition coefficient (Wildman–Crippen LogP) is 4.16. The Kier molecular flexibility index (Phi) is 4.07. The quantitative estimate of drug-likeness (QED) is 0.847. The van der Waals surface area contributed by atoms with Crippen molar-refractivity contribution < 1.29 is 4.79 Å². The first-order valence-electron chi connectivity index (χ1n) is 7.05. The van der Waals surface area contributed by atoms with Crippen molar-refractivity contribution in [2.75, 3.05) is 0 Å². The molecule has 2 aromatic rings. The lowest BCUT2D eigenvalue weighted by atomic mass is 10.1. The summed E-state index contributed by atoms with van der Waals surface area (Å²) in [5.41, 5.74) is 3.41. The summed E-state index contributed by atoms with van der Waals surface area (Å²) in [5.74, 6) is -0.0865. The first-order chi connectivity index (χ1) is 10.2. The van der Waals surface area contributed by atoms with E-state index in [-0.39, 0.29) is 11.9 Å². The van der Waals surface area contributed by atoms with Gasteiger partial charge in [-0.25, -0.2) is 0 Å². The Morgan fingerprint density at radius 1 is 1.14 bits per heavy atom. The van der Waals surface area contributed by atoms with Crippen LogP contribution in [0.25, 0.3) is 6.08 Å². The lowest BCUT2D eigenvalue weighted by Gasteiger charge is -2.12. The van der Waals surface area contributed by atoms with E-state index in [9.17, 15) is 4.79 Å². The molecule has 0 saturated carbocycles. The third kappa shape index (κ3) is 3.17. The van der Waals surface area contributed by atoms with Crippen LogP contribution >= 0.6 is 11.6 Å². The van der Waals surface area contributed by atoms with Crippen molar-refractivity contribution >= 4 is 23.6 Å². The van der Waals surface area contributed by atoms with Gasteiger partial charge < -0.3 is 5.32 Å². The number of hydrogen-bond donors (Lipinski definition) is 1. The average Bonchev–Trinajstić information content (AvgIpc) is 2.90. The molecule has 0 heterocycles. The minimum Gasteiger partial charge on any atom is -0.346 e. The van der Waals surface area contributed by atoms with E-state index in [2.05, 4.69) is 17.4 Å². The zero-order valence-corrected chi connectivity index (χ0v) is 12.3. The highest BCUT2D eigenvalue weighted by Crippen LogP contribution is 2.30. The Balaban J connectivity index is 1.67. The molecule has 1 unspecified atom stereocenters.